The van der Waals surface area contributed by atoms with Crippen LogP contribution in [0.25, 0.3) is 11.0 Å². The van der Waals surface area contributed by atoms with Crippen LogP contribution in [0.5, 0.6) is 5.88 Å². The second-order valence-electron chi connectivity index (χ2n) is 6.14. The van der Waals surface area contributed by atoms with Gasteiger partial charge in [-0.15, -0.1) is 0 Å². The second kappa shape index (κ2) is 6.95. The Bertz CT molecular complexity index is 979. The molecule has 1 aliphatic rings. The third-order valence-corrected chi connectivity index (χ3v) is 4.44. The van der Waals surface area contributed by atoms with Gasteiger partial charge in [-0.1, -0.05) is 18.2 Å². The summed E-state index contributed by atoms with van der Waals surface area (Å²) in [4.78, 5) is 34.5. The molecule has 1 fully saturated rings. The minimum Gasteiger partial charge on any atom is -0.474 e. The van der Waals surface area contributed by atoms with Crippen LogP contribution in [-0.2, 0) is 0 Å². The van der Waals surface area contributed by atoms with Gasteiger partial charge in [0.05, 0.1) is 0 Å². The van der Waals surface area contributed by atoms with E-state index in [1.54, 1.807) is 35.4 Å². The molecule has 0 N–H and O–H groups in total. The van der Waals surface area contributed by atoms with Crippen LogP contribution in [0.15, 0.2) is 58.1 Å². The van der Waals surface area contributed by atoms with E-state index in [1.807, 2.05) is 12.1 Å². The predicted molar refractivity (Wildman–Crippen MR) is 94.1 cm³/mol. The summed E-state index contributed by atoms with van der Waals surface area (Å²) in [6, 6.07) is 10.5. The molecule has 0 unspecified atom stereocenters. The Morgan fingerprint density at radius 2 is 2.00 bits per heavy atom. The Kier molecular flexibility index (Phi) is 4.35. The summed E-state index contributed by atoms with van der Waals surface area (Å²) >= 11 is 0. The maximum atomic E-state index is 12.7. The van der Waals surface area contributed by atoms with Crippen LogP contribution >= 0.6 is 0 Å². The molecule has 4 rings (SSSR count). The summed E-state index contributed by atoms with van der Waals surface area (Å²) in [5.41, 5.74) is -0.0575. The Hall–Kier alpha value is -3.22. The summed E-state index contributed by atoms with van der Waals surface area (Å²) < 4.78 is 11.1. The van der Waals surface area contributed by atoms with E-state index in [0.717, 1.165) is 5.39 Å². The fraction of sp³-hybridized carbons (Fsp3) is 0.263. The van der Waals surface area contributed by atoms with Crippen molar-refractivity contribution >= 4 is 16.9 Å². The van der Waals surface area contributed by atoms with E-state index in [9.17, 15) is 9.59 Å². The predicted octanol–water partition coefficient (Wildman–Crippen LogP) is 2.27. The van der Waals surface area contributed by atoms with E-state index in [0.29, 0.717) is 37.4 Å². The summed E-state index contributed by atoms with van der Waals surface area (Å²) in [5, 5.41) is 0.734. The number of carbonyl (C=O) groups is 1. The lowest BCUT2D eigenvalue weighted by Gasteiger charge is -2.31. The second-order valence-corrected chi connectivity index (χ2v) is 6.14. The van der Waals surface area contributed by atoms with Crippen molar-refractivity contribution in [2.45, 2.75) is 18.9 Å². The van der Waals surface area contributed by atoms with E-state index in [1.165, 1.54) is 6.33 Å². The fourth-order valence-electron chi connectivity index (χ4n) is 3.08. The number of fused-ring (bicyclic) bond motifs is 1. The van der Waals surface area contributed by atoms with E-state index < -0.39 is 5.63 Å². The number of rotatable bonds is 3. The number of benzene rings is 1. The Balaban J connectivity index is 1.45. The van der Waals surface area contributed by atoms with Crippen molar-refractivity contribution in [3.63, 3.8) is 0 Å². The van der Waals surface area contributed by atoms with Gasteiger partial charge in [0, 0.05) is 43.6 Å². The minimum absolute atomic E-state index is 0.0121. The quantitative estimate of drug-likeness (QED) is 0.673. The lowest BCUT2D eigenvalue weighted by molar-refractivity contribution is 0.0584. The number of hydrogen-bond acceptors (Lipinski definition) is 6. The van der Waals surface area contributed by atoms with Crippen LogP contribution in [0.3, 0.4) is 0 Å². The number of carbonyl (C=O) groups excluding carboxylic acids is 1. The van der Waals surface area contributed by atoms with Crippen molar-refractivity contribution in [1.29, 1.82) is 0 Å². The molecule has 2 aromatic heterocycles. The Morgan fingerprint density at radius 1 is 1.19 bits per heavy atom. The number of likely N-dealkylation sites (tertiary alicyclic amines) is 1. The van der Waals surface area contributed by atoms with Gasteiger partial charge in [0.1, 0.15) is 23.6 Å². The van der Waals surface area contributed by atoms with Gasteiger partial charge < -0.3 is 14.1 Å². The molecule has 7 heteroatoms. The molecule has 1 aliphatic heterocycles. The van der Waals surface area contributed by atoms with Crippen molar-refractivity contribution in [3.8, 4) is 5.88 Å². The number of piperidine rings is 1. The Labute approximate surface area is 149 Å². The molecule has 0 spiro atoms. The van der Waals surface area contributed by atoms with Crippen LogP contribution in [0.4, 0.5) is 0 Å². The summed E-state index contributed by atoms with van der Waals surface area (Å²) in [7, 11) is 0. The summed E-state index contributed by atoms with van der Waals surface area (Å²) in [6.07, 6.45) is 4.40. The molecule has 132 valence electrons. The van der Waals surface area contributed by atoms with Crippen molar-refractivity contribution in [1.82, 2.24) is 14.9 Å². The topological polar surface area (TPSA) is 85.5 Å². The first-order chi connectivity index (χ1) is 12.7. The zero-order valence-electron chi connectivity index (χ0n) is 14.0. The molecular formula is C19H17N3O4. The zero-order chi connectivity index (χ0) is 17.9. The van der Waals surface area contributed by atoms with Crippen molar-refractivity contribution < 1.29 is 13.9 Å². The first kappa shape index (κ1) is 16.3. The molecule has 26 heavy (non-hydrogen) atoms. The molecule has 1 aromatic carbocycles. The molecule has 1 amide bonds. The first-order valence-electron chi connectivity index (χ1n) is 8.45. The minimum atomic E-state index is -0.604. The van der Waals surface area contributed by atoms with Gasteiger partial charge in [-0.2, -0.15) is 0 Å². The molecule has 0 atom stereocenters. The Morgan fingerprint density at radius 3 is 2.77 bits per heavy atom. The smallest absolute Gasteiger partial charge is 0.349 e. The summed E-state index contributed by atoms with van der Waals surface area (Å²) in [5.74, 6) is 0.227. The standard InChI is InChI=1S/C19H17N3O4/c23-18(15-11-13-3-1-2-4-16(13)26-19(15)24)22-9-6-14(7-10-22)25-17-5-8-20-12-21-17/h1-5,8,11-12,14H,6-7,9-10H2. The van der Waals surface area contributed by atoms with Crippen molar-refractivity contribution in [2.24, 2.45) is 0 Å². The molecule has 7 nitrogen and oxygen atoms in total. The largest absolute Gasteiger partial charge is 0.474 e. The van der Waals surface area contributed by atoms with Gasteiger partial charge in [0.25, 0.3) is 5.91 Å². The average molecular weight is 351 g/mol. The highest BCUT2D eigenvalue weighted by atomic mass is 16.5. The van der Waals surface area contributed by atoms with Gasteiger partial charge in [-0.3, -0.25) is 4.79 Å². The molecule has 1 saturated heterocycles. The van der Waals surface area contributed by atoms with Gasteiger partial charge in [0.2, 0.25) is 5.88 Å². The molecular weight excluding hydrogens is 334 g/mol. The number of nitrogens with zero attached hydrogens (tertiary/aromatic N) is 3. The number of hydrogen-bond donors (Lipinski definition) is 0. The molecule has 0 bridgehead atoms. The maximum Gasteiger partial charge on any atom is 0.349 e. The number of amides is 1. The fourth-order valence-corrected chi connectivity index (χ4v) is 3.08. The van der Waals surface area contributed by atoms with Gasteiger partial charge in [-0.05, 0) is 12.1 Å². The third-order valence-electron chi connectivity index (χ3n) is 4.44. The average Bonchev–Trinajstić information content (AvgIpc) is 2.68. The zero-order valence-corrected chi connectivity index (χ0v) is 14.0. The molecule has 0 saturated carbocycles. The summed E-state index contributed by atoms with van der Waals surface area (Å²) in [6.45, 7) is 1.03. The van der Waals surface area contributed by atoms with E-state index >= 15 is 0 Å². The highest BCUT2D eigenvalue weighted by Gasteiger charge is 2.27. The number of aromatic nitrogens is 2. The lowest BCUT2D eigenvalue weighted by Crippen LogP contribution is -2.43. The molecule has 3 aromatic rings. The van der Waals surface area contributed by atoms with Crippen LogP contribution in [0.1, 0.15) is 23.2 Å². The SMILES string of the molecule is O=C(c1cc2ccccc2oc1=O)N1CCC(Oc2ccncn2)CC1. The number of ether oxygens (including phenoxy) is 1. The monoisotopic (exact) mass is 351 g/mol. The van der Waals surface area contributed by atoms with Crippen molar-refractivity contribution in [2.75, 3.05) is 13.1 Å². The van der Waals surface area contributed by atoms with E-state index in [4.69, 9.17) is 9.15 Å². The van der Waals surface area contributed by atoms with E-state index in [2.05, 4.69) is 9.97 Å². The normalized spacial score (nSPS) is 15.2. The van der Waals surface area contributed by atoms with Gasteiger partial charge in [-0.25, -0.2) is 14.8 Å². The third kappa shape index (κ3) is 3.28. The van der Waals surface area contributed by atoms with Crippen LogP contribution in [0, 0.1) is 0 Å². The first-order valence-corrected chi connectivity index (χ1v) is 8.45. The van der Waals surface area contributed by atoms with Crippen LogP contribution in [0.2, 0.25) is 0 Å². The van der Waals surface area contributed by atoms with Crippen LogP contribution in [-0.4, -0.2) is 40.0 Å². The molecule has 0 radical (unpaired) electrons. The highest BCUT2D eigenvalue weighted by Crippen LogP contribution is 2.19. The number of para-hydroxylation sites is 1. The van der Waals surface area contributed by atoms with E-state index in [-0.39, 0.29) is 17.6 Å². The lowest BCUT2D eigenvalue weighted by atomic mass is 10.1. The van der Waals surface area contributed by atoms with Gasteiger partial charge >= 0.3 is 5.63 Å². The van der Waals surface area contributed by atoms with Gasteiger partial charge in [0.15, 0.2) is 0 Å². The molecule has 3 heterocycles. The van der Waals surface area contributed by atoms with Crippen molar-refractivity contribution in [3.05, 3.63) is 64.9 Å². The molecule has 0 aliphatic carbocycles. The maximum absolute atomic E-state index is 12.7. The highest BCUT2D eigenvalue weighted by molar-refractivity contribution is 5.96. The van der Waals surface area contributed by atoms with Crippen LogP contribution < -0.4 is 10.4 Å².